The number of nitrogens with two attached hydrogens (primary N) is 1. The van der Waals surface area contributed by atoms with E-state index in [-0.39, 0.29) is 0 Å². The number of halogens is 2. The van der Waals surface area contributed by atoms with E-state index in [4.69, 9.17) is 29.0 Å². The summed E-state index contributed by atoms with van der Waals surface area (Å²) in [6.45, 7) is 1.98. The molecule has 3 rings (SSSR count). The van der Waals surface area contributed by atoms with Crippen molar-refractivity contribution in [1.29, 1.82) is 0 Å². The summed E-state index contributed by atoms with van der Waals surface area (Å²) in [4.78, 5) is 5.39. The summed E-state index contributed by atoms with van der Waals surface area (Å²) in [6, 6.07) is 5.17. The van der Waals surface area contributed by atoms with Crippen molar-refractivity contribution in [2.24, 2.45) is 0 Å². The highest BCUT2D eigenvalue weighted by Gasteiger charge is 2.15. The minimum absolute atomic E-state index is 0.487. The molecule has 114 valence electrons. The Bertz CT molecular complexity index is 815. The van der Waals surface area contributed by atoms with E-state index in [9.17, 15) is 0 Å². The van der Waals surface area contributed by atoms with Crippen LogP contribution in [0, 0.1) is 6.92 Å². The van der Waals surface area contributed by atoms with Gasteiger partial charge in [-0.15, -0.1) is 21.5 Å². The number of thiazole rings is 1. The van der Waals surface area contributed by atoms with Crippen LogP contribution in [0.5, 0.6) is 0 Å². The van der Waals surface area contributed by atoms with Crippen LogP contribution >= 0.6 is 46.3 Å². The molecule has 0 fully saturated rings. The molecule has 0 saturated carbocycles. The van der Waals surface area contributed by atoms with Crippen LogP contribution in [0.25, 0.3) is 11.4 Å². The first-order valence-corrected chi connectivity index (χ1v) is 8.80. The van der Waals surface area contributed by atoms with Gasteiger partial charge in [-0.1, -0.05) is 35.0 Å². The number of aromatic nitrogens is 4. The molecule has 0 radical (unpaired) electrons. The standard InChI is InChI=1S/C13H11Cl2N5S2/c1-7-17-5-9(22-7)6-21-13-19-18-12(20(13)16)10-3-2-8(14)4-11(10)15/h2-5H,6,16H2,1H3. The summed E-state index contributed by atoms with van der Waals surface area (Å²) in [7, 11) is 0. The lowest BCUT2D eigenvalue weighted by Gasteiger charge is -2.05. The molecule has 0 amide bonds. The minimum atomic E-state index is 0.487. The van der Waals surface area contributed by atoms with Crippen LogP contribution in [0.15, 0.2) is 29.6 Å². The van der Waals surface area contributed by atoms with E-state index in [2.05, 4.69) is 15.2 Å². The van der Waals surface area contributed by atoms with Gasteiger partial charge in [-0.25, -0.2) is 9.66 Å². The van der Waals surface area contributed by atoms with Gasteiger partial charge in [0.25, 0.3) is 0 Å². The van der Waals surface area contributed by atoms with E-state index in [1.54, 1.807) is 29.5 Å². The Morgan fingerprint density at radius 2 is 2.14 bits per heavy atom. The smallest absolute Gasteiger partial charge is 0.210 e. The van der Waals surface area contributed by atoms with E-state index in [0.717, 1.165) is 15.6 Å². The van der Waals surface area contributed by atoms with Crippen LogP contribution in [0.3, 0.4) is 0 Å². The molecule has 0 aliphatic rings. The van der Waals surface area contributed by atoms with Gasteiger partial charge in [0, 0.05) is 27.4 Å². The van der Waals surface area contributed by atoms with Crippen molar-refractivity contribution in [3.05, 3.63) is 44.3 Å². The monoisotopic (exact) mass is 371 g/mol. The molecule has 0 bridgehead atoms. The minimum Gasteiger partial charge on any atom is -0.335 e. The molecule has 2 aromatic heterocycles. The highest BCUT2D eigenvalue weighted by Crippen LogP contribution is 2.31. The predicted octanol–water partition coefficient (Wildman–Crippen LogP) is 4.02. The molecule has 0 unspecified atom stereocenters. The Morgan fingerprint density at radius 3 is 2.82 bits per heavy atom. The summed E-state index contributed by atoms with van der Waals surface area (Å²) < 4.78 is 1.44. The zero-order valence-corrected chi connectivity index (χ0v) is 14.6. The fourth-order valence-corrected chi connectivity index (χ4v) is 4.00. The largest absolute Gasteiger partial charge is 0.335 e. The normalized spacial score (nSPS) is 11.0. The summed E-state index contributed by atoms with van der Waals surface area (Å²) in [6.07, 6.45) is 1.86. The lowest BCUT2D eigenvalue weighted by molar-refractivity contribution is 0.850. The molecule has 2 heterocycles. The van der Waals surface area contributed by atoms with Gasteiger partial charge in [0.15, 0.2) is 5.82 Å². The van der Waals surface area contributed by atoms with Gasteiger partial charge >= 0.3 is 0 Å². The maximum absolute atomic E-state index is 6.19. The van der Waals surface area contributed by atoms with Gasteiger partial charge < -0.3 is 5.84 Å². The summed E-state index contributed by atoms with van der Waals surface area (Å²) in [5, 5.41) is 10.9. The third kappa shape index (κ3) is 3.22. The van der Waals surface area contributed by atoms with Crippen molar-refractivity contribution >= 4 is 46.3 Å². The molecule has 0 aliphatic carbocycles. The van der Waals surface area contributed by atoms with Crippen molar-refractivity contribution < 1.29 is 0 Å². The summed E-state index contributed by atoms with van der Waals surface area (Å²) >= 11 is 15.2. The molecule has 0 saturated heterocycles. The molecule has 5 nitrogen and oxygen atoms in total. The SMILES string of the molecule is Cc1ncc(CSc2nnc(-c3ccc(Cl)cc3Cl)n2N)s1. The van der Waals surface area contributed by atoms with Gasteiger partial charge in [0.2, 0.25) is 5.16 Å². The van der Waals surface area contributed by atoms with Crippen LogP contribution in [0.2, 0.25) is 10.0 Å². The van der Waals surface area contributed by atoms with Crippen LogP contribution in [0.4, 0.5) is 0 Å². The number of hydrogen-bond donors (Lipinski definition) is 1. The molecule has 0 atom stereocenters. The number of thioether (sulfide) groups is 1. The Kier molecular flexibility index (Phi) is 4.58. The first-order valence-electron chi connectivity index (χ1n) is 6.24. The molecular formula is C13H11Cl2N5S2. The Balaban J connectivity index is 1.82. The topological polar surface area (TPSA) is 69.6 Å². The number of aryl methyl sites for hydroxylation is 1. The molecule has 0 aliphatic heterocycles. The Hall–Kier alpha value is -1.28. The zero-order valence-electron chi connectivity index (χ0n) is 11.5. The van der Waals surface area contributed by atoms with Crippen LogP contribution < -0.4 is 5.84 Å². The van der Waals surface area contributed by atoms with Crippen LogP contribution in [-0.4, -0.2) is 19.9 Å². The van der Waals surface area contributed by atoms with E-state index < -0.39 is 0 Å². The predicted molar refractivity (Wildman–Crippen MR) is 92.0 cm³/mol. The summed E-state index contributed by atoms with van der Waals surface area (Å²) in [5.74, 6) is 7.33. The van der Waals surface area contributed by atoms with Gasteiger partial charge in [0.05, 0.1) is 10.0 Å². The quantitative estimate of drug-likeness (QED) is 0.553. The zero-order chi connectivity index (χ0) is 15.7. The van der Waals surface area contributed by atoms with Crippen molar-refractivity contribution in [3.63, 3.8) is 0 Å². The molecule has 1 aromatic carbocycles. The van der Waals surface area contributed by atoms with E-state index >= 15 is 0 Å². The Labute approximate surface area is 145 Å². The van der Waals surface area contributed by atoms with Gasteiger partial charge in [-0.3, -0.25) is 0 Å². The van der Waals surface area contributed by atoms with Crippen molar-refractivity contribution in [2.45, 2.75) is 17.8 Å². The third-order valence-electron chi connectivity index (χ3n) is 2.85. The third-order valence-corrected chi connectivity index (χ3v) is 5.48. The average molecular weight is 372 g/mol. The molecule has 2 N–H and O–H groups in total. The summed E-state index contributed by atoms with van der Waals surface area (Å²) in [5.41, 5.74) is 0.696. The first-order chi connectivity index (χ1) is 10.5. The molecule has 3 aromatic rings. The molecule has 22 heavy (non-hydrogen) atoms. The van der Waals surface area contributed by atoms with E-state index in [0.29, 0.717) is 26.6 Å². The maximum Gasteiger partial charge on any atom is 0.210 e. The molecule has 0 spiro atoms. The number of nitrogens with zero attached hydrogens (tertiary/aromatic N) is 4. The fourth-order valence-electron chi connectivity index (χ4n) is 1.84. The lowest BCUT2D eigenvalue weighted by Crippen LogP contribution is -2.11. The lowest BCUT2D eigenvalue weighted by atomic mass is 10.2. The fraction of sp³-hybridized carbons (Fsp3) is 0.154. The van der Waals surface area contributed by atoms with Gasteiger partial charge in [-0.05, 0) is 25.1 Å². The second kappa shape index (κ2) is 6.45. The molecule has 9 heteroatoms. The maximum atomic E-state index is 6.19. The van der Waals surface area contributed by atoms with Crippen LogP contribution in [-0.2, 0) is 5.75 Å². The highest BCUT2D eigenvalue weighted by molar-refractivity contribution is 7.98. The number of hydrogen-bond acceptors (Lipinski definition) is 6. The van der Waals surface area contributed by atoms with Crippen molar-refractivity contribution in [3.8, 4) is 11.4 Å². The Morgan fingerprint density at radius 1 is 1.32 bits per heavy atom. The van der Waals surface area contributed by atoms with Gasteiger partial charge in [0.1, 0.15) is 0 Å². The van der Waals surface area contributed by atoms with Crippen molar-refractivity contribution in [1.82, 2.24) is 19.9 Å². The van der Waals surface area contributed by atoms with E-state index in [1.807, 2.05) is 13.1 Å². The second-order valence-corrected chi connectivity index (χ2v) is 7.54. The number of rotatable bonds is 4. The first kappa shape index (κ1) is 15.6. The van der Waals surface area contributed by atoms with Crippen LogP contribution in [0.1, 0.15) is 9.88 Å². The number of benzene rings is 1. The molecular weight excluding hydrogens is 361 g/mol. The highest BCUT2D eigenvalue weighted by atomic mass is 35.5. The number of nitrogen functional groups attached to an aromatic ring is 1. The average Bonchev–Trinajstić information content (AvgIpc) is 3.04. The van der Waals surface area contributed by atoms with Gasteiger partial charge in [-0.2, -0.15) is 0 Å². The second-order valence-electron chi connectivity index (χ2n) is 4.43. The van der Waals surface area contributed by atoms with E-state index in [1.165, 1.54) is 16.4 Å². The van der Waals surface area contributed by atoms with Crippen molar-refractivity contribution in [2.75, 3.05) is 5.84 Å².